The maximum Gasteiger partial charge on any atom is 0.345 e. The number of ether oxygens (including phenoxy) is 5. The van der Waals surface area contributed by atoms with Gasteiger partial charge in [-0.3, -0.25) is 9.36 Å². The second-order valence-electron chi connectivity index (χ2n) is 10.8. The Morgan fingerprint density at radius 1 is 0.750 bits per heavy atom. The first-order valence-electron chi connectivity index (χ1n) is 13.9. The summed E-state index contributed by atoms with van der Waals surface area (Å²) in [6.07, 6.45) is 0. The Bertz CT molecular complexity index is 1830. The summed E-state index contributed by atoms with van der Waals surface area (Å²) >= 11 is 2.47. The number of benzene rings is 1. The van der Waals surface area contributed by atoms with E-state index < -0.39 is 45.9 Å². The molecule has 14 nitrogen and oxygen atoms in total. The molecule has 0 atom stereocenters. The van der Waals surface area contributed by atoms with Gasteiger partial charge >= 0.3 is 23.9 Å². The number of hydrogen-bond donors (Lipinski definition) is 2. The Hall–Kier alpha value is -4.48. The van der Waals surface area contributed by atoms with Crippen LogP contribution in [0.2, 0.25) is 0 Å². The number of carbonyl (C=O) groups is 5. The molecule has 0 saturated carbocycles. The third-order valence-corrected chi connectivity index (χ3v) is 12.5. The molecule has 0 bridgehead atoms. The average molecular weight is 719 g/mol. The lowest BCUT2D eigenvalue weighted by atomic mass is 9.83. The van der Waals surface area contributed by atoms with Crippen molar-refractivity contribution in [3.8, 4) is 17.5 Å². The van der Waals surface area contributed by atoms with Crippen molar-refractivity contribution in [1.82, 2.24) is 4.57 Å². The zero-order valence-electron chi connectivity index (χ0n) is 26.7. The summed E-state index contributed by atoms with van der Waals surface area (Å²) in [7, 11) is 5.96. The van der Waals surface area contributed by atoms with Crippen LogP contribution in [0, 0.1) is 0 Å². The number of fused-ring (bicyclic) bond motifs is 3. The molecule has 1 aromatic heterocycles. The summed E-state index contributed by atoms with van der Waals surface area (Å²) in [6, 6.07) is 7.36. The fraction of sp³-hybridized carbons (Fsp3) is 0.323. The quantitative estimate of drug-likeness (QED) is 0.313. The fourth-order valence-electron chi connectivity index (χ4n) is 5.68. The number of methoxy groups -OCH3 is 5. The van der Waals surface area contributed by atoms with Crippen LogP contribution >= 0.6 is 35.3 Å². The molecule has 48 heavy (non-hydrogen) atoms. The van der Waals surface area contributed by atoms with Crippen LogP contribution in [0.1, 0.15) is 19.4 Å². The van der Waals surface area contributed by atoms with Crippen LogP contribution in [0.15, 0.2) is 55.5 Å². The summed E-state index contributed by atoms with van der Waals surface area (Å²) in [6.45, 7) is 2.94. The third kappa shape index (κ3) is 5.29. The van der Waals surface area contributed by atoms with Crippen molar-refractivity contribution in [1.29, 1.82) is 0 Å². The van der Waals surface area contributed by atoms with E-state index in [9.17, 15) is 34.2 Å². The Morgan fingerprint density at radius 2 is 1.27 bits per heavy atom. The molecule has 2 N–H and O–H groups in total. The zero-order valence-corrected chi connectivity index (χ0v) is 29.1. The molecule has 3 aliphatic heterocycles. The molecule has 17 heteroatoms. The van der Waals surface area contributed by atoms with Gasteiger partial charge in [-0.1, -0.05) is 35.3 Å². The highest BCUT2D eigenvalue weighted by Crippen LogP contribution is 2.71. The lowest BCUT2D eigenvalue weighted by molar-refractivity contribution is -0.138. The zero-order chi connectivity index (χ0) is 35.3. The van der Waals surface area contributed by atoms with E-state index in [0.717, 1.165) is 68.3 Å². The van der Waals surface area contributed by atoms with E-state index in [2.05, 4.69) is 0 Å². The minimum Gasteiger partial charge on any atom is -0.497 e. The van der Waals surface area contributed by atoms with Crippen molar-refractivity contribution in [2.45, 2.75) is 30.0 Å². The maximum absolute atomic E-state index is 14.2. The first kappa shape index (κ1) is 34.8. The van der Waals surface area contributed by atoms with Crippen LogP contribution < -0.4 is 9.64 Å². The second kappa shape index (κ2) is 12.9. The first-order valence-corrected chi connectivity index (χ1v) is 16.4. The first-order chi connectivity index (χ1) is 22.7. The highest BCUT2D eigenvalue weighted by atomic mass is 32.2. The predicted octanol–water partition coefficient (Wildman–Crippen LogP) is 3.53. The fourth-order valence-corrected chi connectivity index (χ4v) is 10.7. The van der Waals surface area contributed by atoms with E-state index >= 15 is 0 Å². The van der Waals surface area contributed by atoms with E-state index in [1.165, 1.54) is 24.1 Å². The lowest BCUT2D eigenvalue weighted by Gasteiger charge is -2.50. The number of aromatic hydroxyl groups is 2. The van der Waals surface area contributed by atoms with Crippen LogP contribution in [0.5, 0.6) is 17.5 Å². The number of carbonyl (C=O) groups excluding carboxylic acids is 5. The number of rotatable bonds is 7. The van der Waals surface area contributed by atoms with Crippen LogP contribution in [-0.4, -0.2) is 89.7 Å². The third-order valence-electron chi connectivity index (χ3n) is 7.82. The molecule has 1 aromatic carbocycles. The summed E-state index contributed by atoms with van der Waals surface area (Å²) in [4.78, 5) is 69.2. The number of thioether (sulfide) groups is 3. The van der Waals surface area contributed by atoms with E-state index in [1.807, 2.05) is 0 Å². The van der Waals surface area contributed by atoms with Gasteiger partial charge in [0.15, 0.2) is 11.8 Å². The van der Waals surface area contributed by atoms with Gasteiger partial charge in [-0.15, -0.1) is 0 Å². The molecule has 1 spiro atoms. The van der Waals surface area contributed by atoms with Crippen LogP contribution in [0.3, 0.4) is 0 Å². The van der Waals surface area contributed by atoms with Crippen molar-refractivity contribution < 1.29 is 57.9 Å². The van der Waals surface area contributed by atoms with Crippen LogP contribution in [0.4, 0.5) is 5.69 Å². The van der Waals surface area contributed by atoms with Crippen molar-refractivity contribution in [3.05, 3.63) is 61.1 Å². The highest BCUT2D eigenvalue weighted by Gasteiger charge is 2.62. The smallest absolute Gasteiger partial charge is 0.345 e. The Labute approximate surface area is 287 Å². The van der Waals surface area contributed by atoms with Gasteiger partial charge in [0.25, 0.3) is 0 Å². The molecule has 1 amide bonds. The summed E-state index contributed by atoms with van der Waals surface area (Å²) in [5.41, 5.74) is -0.487. The lowest BCUT2D eigenvalue weighted by Crippen LogP contribution is -2.54. The minimum atomic E-state index is -1.77. The molecule has 5 rings (SSSR count). The molecule has 0 aliphatic carbocycles. The monoisotopic (exact) mass is 718 g/mol. The molecule has 0 radical (unpaired) electrons. The average Bonchev–Trinajstić information content (AvgIpc) is 3.62. The molecule has 2 aromatic rings. The molecule has 3 aliphatic rings. The number of esters is 4. The maximum atomic E-state index is 14.2. The van der Waals surface area contributed by atoms with Gasteiger partial charge in [0.05, 0.1) is 52.3 Å². The van der Waals surface area contributed by atoms with Crippen molar-refractivity contribution in [2.75, 3.05) is 40.4 Å². The standard InChI is InChI=1S/C31H30N2O12S3/c1-30(2)25-20(15-12-14(41-3)8-9-16(15)33(30)19(36)13-32-17(34)10-11-18(32)35)31(21(26(37)42-4)22(46-25)27(38)43-5)47-23(28(39)44-6)24(48-31)29(40)45-7/h8-12,34-35H,13H2,1-7H3. The van der Waals surface area contributed by atoms with Crippen LogP contribution in [0.25, 0.3) is 5.57 Å². The Morgan fingerprint density at radius 3 is 1.77 bits per heavy atom. The van der Waals surface area contributed by atoms with Gasteiger partial charge in [0, 0.05) is 28.2 Å². The van der Waals surface area contributed by atoms with Crippen molar-refractivity contribution in [3.63, 3.8) is 0 Å². The van der Waals surface area contributed by atoms with Crippen molar-refractivity contribution in [2.24, 2.45) is 0 Å². The topological polar surface area (TPSA) is 180 Å². The summed E-state index contributed by atoms with van der Waals surface area (Å²) in [5, 5.41) is 20.6. The predicted molar refractivity (Wildman–Crippen MR) is 177 cm³/mol. The molecular formula is C31H30N2O12S3. The Kier molecular flexibility index (Phi) is 9.33. The van der Waals surface area contributed by atoms with Gasteiger partial charge in [0.1, 0.15) is 31.1 Å². The number of nitrogens with zero attached hydrogens (tertiary/aromatic N) is 2. The summed E-state index contributed by atoms with van der Waals surface area (Å²) in [5.74, 6) is -4.52. The van der Waals surface area contributed by atoms with Gasteiger partial charge < -0.3 is 38.8 Å². The molecular weight excluding hydrogens is 689 g/mol. The molecule has 0 unspecified atom stereocenters. The Balaban J connectivity index is 1.87. The minimum absolute atomic E-state index is 0.182. The van der Waals surface area contributed by atoms with E-state index in [0.29, 0.717) is 27.5 Å². The number of amides is 1. The van der Waals surface area contributed by atoms with Crippen LogP contribution in [-0.2, 0) is 49.5 Å². The SMILES string of the molecule is COC(=O)C1=C(C(=O)OC)SC2(S1)C(C(=O)OC)=C(C(=O)OC)SC1=C2c2cc(OC)ccc2N(C(=O)Cn2c(O)ccc2O)C1(C)C. The van der Waals surface area contributed by atoms with E-state index in [4.69, 9.17) is 23.7 Å². The van der Waals surface area contributed by atoms with Gasteiger partial charge in [-0.25, -0.2) is 19.2 Å². The molecule has 4 heterocycles. The second-order valence-corrected chi connectivity index (χ2v) is 14.5. The van der Waals surface area contributed by atoms with Gasteiger partial charge in [0.2, 0.25) is 5.91 Å². The highest BCUT2D eigenvalue weighted by molar-refractivity contribution is 8.26. The largest absolute Gasteiger partial charge is 0.497 e. The number of anilines is 1. The molecule has 0 saturated heterocycles. The van der Waals surface area contributed by atoms with Crippen molar-refractivity contribution >= 4 is 76.3 Å². The van der Waals surface area contributed by atoms with Gasteiger partial charge in [-0.2, -0.15) is 0 Å². The number of aromatic nitrogens is 1. The van der Waals surface area contributed by atoms with E-state index in [-0.39, 0.29) is 32.0 Å². The van der Waals surface area contributed by atoms with E-state index in [1.54, 1.807) is 32.0 Å². The molecule has 0 fully saturated rings. The number of hydrogen-bond acceptors (Lipinski definition) is 15. The van der Waals surface area contributed by atoms with Gasteiger partial charge in [-0.05, 0) is 32.0 Å². The summed E-state index contributed by atoms with van der Waals surface area (Å²) < 4.78 is 25.1. The molecule has 254 valence electrons. The normalized spacial score (nSPS) is 17.5.